The van der Waals surface area contributed by atoms with Crippen LogP contribution in [0, 0.1) is 12.8 Å². The summed E-state index contributed by atoms with van der Waals surface area (Å²) in [5.41, 5.74) is 3.45. The number of anilines is 2. The second-order valence-electron chi connectivity index (χ2n) is 5.66. The molecule has 22 heavy (non-hydrogen) atoms. The lowest BCUT2D eigenvalue weighted by molar-refractivity contribution is 0.0948. The molecule has 1 amide bonds. The third-order valence-corrected chi connectivity index (χ3v) is 4.01. The number of halogens is 1. The Morgan fingerprint density at radius 2 is 2.00 bits per heavy atom. The highest BCUT2D eigenvalue weighted by Crippen LogP contribution is 2.23. The number of aryl methyl sites for hydroxylation is 1. The molecule has 0 aliphatic heterocycles. The molecule has 0 atom stereocenters. The second-order valence-corrected chi connectivity index (χ2v) is 6.51. The highest BCUT2D eigenvalue weighted by molar-refractivity contribution is 9.10. The van der Waals surface area contributed by atoms with Crippen LogP contribution in [0.2, 0.25) is 0 Å². The predicted molar refractivity (Wildman–Crippen MR) is 93.6 cm³/mol. The molecule has 0 aliphatic carbocycles. The van der Waals surface area contributed by atoms with Gasteiger partial charge >= 0.3 is 0 Å². The average molecular weight is 362 g/mol. The minimum atomic E-state index is -0.100. The molecule has 4 nitrogen and oxygen atoms in total. The number of aromatic nitrogens is 1. The topological polar surface area (TPSA) is 54.0 Å². The van der Waals surface area contributed by atoms with Gasteiger partial charge in [-0.15, -0.1) is 0 Å². The molecule has 0 saturated heterocycles. The molecule has 2 aromatic rings. The van der Waals surface area contributed by atoms with Crippen LogP contribution in [0.25, 0.3) is 0 Å². The summed E-state index contributed by atoms with van der Waals surface area (Å²) < 4.78 is 1.07. The Hall–Kier alpha value is -1.88. The van der Waals surface area contributed by atoms with Crippen molar-refractivity contribution >= 4 is 33.2 Å². The first kappa shape index (κ1) is 16.5. The van der Waals surface area contributed by atoms with Crippen molar-refractivity contribution in [2.45, 2.75) is 20.8 Å². The van der Waals surface area contributed by atoms with Crippen molar-refractivity contribution in [3.05, 3.63) is 52.3 Å². The predicted octanol–water partition coefficient (Wildman–Crippen LogP) is 4.28. The lowest BCUT2D eigenvalue weighted by Gasteiger charge is -2.10. The Balaban J connectivity index is 2.10. The third kappa shape index (κ3) is 4.56. The van der Waals surface area contributed by atoms with Crippen LogP contribution >= 0.6 is 15.9 Å². The Morgan fingerprint density at radius 1 is 1.23 bits per heavy atom. The van der Waals surface area contributed by atoms with Crippen LogP contribution in [0.4, 0.5) is 11.4 Å². The van der Waals surface area contributed by atoms with Gasteiger partial charge in [-0.2, -0.15) is 0 Å². The van der Waals surface area contributed by atoms with E-state index in [1.54, 1.807) is 18.5 Å². The van der Waals surface area contributed by atoms with Gasteiger partial charge < -0.3 is 10.6 Å². The molecule has 0 fully saturated rings. The Morgan fingerprint density at radius 3 is 2.68 bits per heavy atom. The number of rotatable bonds is 5. The SMILES string of the molecule is Cc1cc(Nc2cncc(C(=O)NCC(C)C)c2)ccc1Br. The lowest BCUT2D eigenvalue weighted by Crippen LogP contribution is -2.27. The summed E-state index contributed by atoms with van der Waals surface area (Å²) in [4.78, 5) is 16.2. The van der Waals surface area contributed by atoms with Gasteiger partial charge in [-0.3, -0.25) is 9.78 Å². The number of nitrogens with one attached hydrogen (secondary N) is 2. The van der Waals surface area contributed by atoms with Gasteiger partial charge in [0, 0.05) is 22.9 Å². The first-order valence-corrected chi connectivity index (χ1v) is 8.01. The van der Waals surface area contributed by atoms with E-state index in [0.717, 1.165) is 21.4 Å². The van der Waals surface area contributed by atoms with Crippen LogP contribution in [-0.2, 0) is 0 Å². The zero-order valence-corrected chi connectivity index (χ0v) is 14.6. The van der Waals surface area contributed by atoms with Crippen LogP contribution in [0.1, 0.15) is 29.8 Å². The maximum atomic E-state index is 12.1. The number of benzene rings is 1. The standard InChI is InChI=1S/C17H20BrN3O/c1-11(2)8-20-17(22)13-7-15(10-19-9-13)21-14-4-5-16(18)12(3)6-14/h4-7,9-11,21H,8H2,1-3H3,(H,20,22). The third-order valence-electron chi connectivity index (χ3n) is 3.12. The molecule has 0 spiro atoms. The van der Waals surface area contributed by atoms with Gasteiger partial charge in [0.25, 0.3) is 5.91 Å². The first-order chi connectivity index (χ1) is 10.5. The quantitative estimate of drug-likeness (QED) is 0.835. The summed E-state index contributed by atoms with van der Waals surface area (Å²) in [5, 5.41) is 6.16. The number of carbonyl (C=O) groups is 1. The normalized spacial score (nSPS) is 10.6. The van der Waals surface area contributed by atoms with Crippen LogP contribution in [-0.4, -0.2) is 17.4 Å². The van der Waals surface area contributed by atoms with Crippen molar-refractivity contribution in [1.29, 1.82) is 0 Å². The van der Waals surface area contributed by atoms with E-state index in [1.807, 2.05) is 25.1 Å². The fourth-order valence-electron chi connectivity index (χ4n) is 1.92. The molecule has 1 aromatic heterocycles. The summed E-state index contributed by atoms with van der Waals surface area (Å²) in [6.07, 6.45) is 3.28. The van der Waals surface area contributed by atoms with Crippen molar-refractivity contribution in [2.75, 3.05) is 11.9 Å². The van der Waals surface area contributed by atoms with Crippen molar-refractivity contribution < 1.29 is 4.79 Å². The molecule has 0 saturated carbocycles. The first-order valence-electron chi connectivity index (χ1n) is 7.22. The number of pyridine rings is 1. The van der Waals surface area contributed by atoms with E-state index in [4.69, 9.17) is 0 Å². The summed E-state index contributed by atoms with van der Waals surface area (Å²) in [7, 11) is 0. The van der Waals surface area contributed by atoms with Crippen LogP contribution in [0.5, 0.6) is 0 Å². The van der Waals surface area contributed by atoms with E-state index in [-0.39, 0.29) is 5.91 Å². The number of amides is 1. The van der Waals surface area contributed by atoms with Crippen LogP contribution < -0.4 is 10.6 Å². The largest absolute Gasteiger partial charge is 0.354 e. The molecule has 0 unspecified atom stereocenters. The Kier molecular flexibility index (Phi) is 5.55. The fourth-order valence-corrected chi connectivity index (χ4v) is 2.17. The molecule has 1 aromatic carbocycles. The molecule has 0 aliphatic rings. The zero-order valence-electron chi connectivity index (χ0n) is 13.0. The number of carbonyl (C=O) groups excluding carboxylic acids is 1. The van der Waals surface area contributed by atoms with E-state index in [1.165, 1.54) is 0 Å². The minimum Gasteiger partial charge on any atom is -0.354 e. The van der Waals surface area contributed by atoms with Crippen LogP contribution in [0.3, 0.4) is 0 Å². The zero-order chi connectivity index (χ0) is 16.1. The average Bonchev–Trinajstić information content (AvgIpc) is 2.49. The molecule has 1 heterocycles. The molecule has 0 bridgehead atoms. The fraction of sp³-hybridized carbons (Fsp3) is 0.294. The molecule has 2 rings (SSSR count). The number of nitrogens with zero attached hydrogens (tertiary/aromatic N) is 1. The lowest BCUT2D eigenvalue weighted by atomic mass is 10.2. The Labute approximate surface area is 139 Å². The summed E-state index contributed by atoms with van der Waals surface area (Å²) in [5.74, 6) is 0.320. The Bertz CT molecular complexity index is 671. The number of hydrogen-bond acceptors (Lipinski definition) is 3. The van der Waals surface area contributed by atoms with E-state index >= 15 is 0 Å². The van der Waals surface area contributed by atoms with Gasteiger partial charge in [-0.25, -0.2) is 0 Å². The van der Waals surface area contributed by atoms with Crippen molar-refractivity contribution in [1.82, 2.24) is 10.3 Å². The summed E-state index contributed by atoms with van der Waals surface area (Å²) in [6, 6.07) is 7.81. The molecule has 2 N–H and O–H groups in total. The van der Waals surface area contributed by atoms with Gasteiger partial charge in [0.05, 0.1) is 17.4 Å². The van der Waals surface area contributed by atoms with Gasteiger partial charge in [0.2, 0.25) is 0 Å². The molecule has 116 valence electrons. The highest BCUT2D eigenvalue weighted by atomic mass is 79.9. The smallest absolute Gasteiger partial charge is 0.252 e. The van der Waals surface area contributed by atoms with Crippen molar-refractivity contribution in [2.24, 2.45) is 5.92 Å². The van der Waals surface area contributed by atoms with E-state index in [9.17, 15) is 4.79 Å². The molecule has 5 heteroatoms. The van der Waals surface area contributed by atoms with Gasteiger partial charge in [0.15, 0.2) is 0 Å². The van der Waals surface area contributed by atoms with Gasteiger partial charge in [0.1, 0.15) is 0 Å². The number of hydrogen-bond donors (Lipinski definition) is 2. The monoisotopic (exact) mass is 361 g/mol. The van der Waals surface area contributed by atoms with E-state index in [0.29, 0.717) is 18.0 Å². The van der Waals surface area contributed by atoms with Gasteiger partial charge in [-0.1, -0.05) is 29.8 Å². The van der Waals surface area contributed by atoms with Crippen molar-refractivity contribution in [3.63, 3.8) is 0 Å². The molecular weight excluding hydrogens is 342 g/mol. The highest BCUT2D eigenvalue weighted by Gasteiger charge is 2.08. The minimum absolute atomic E-state index is 0.100. The summed E-state index contributed by atoms with van der Waals surface area (Å²) in [6.45, 7) is 6.81. The van der Waals surface area contributed by atoms with Crippen molar-refractivity contribution in [3.8, 4) is 0 Å². The molecule has 0 radical (unpaired) electrons. The second kappa shape index (κ2) is 7.40. The van der Waals surface area contributed by atoms with E-state index < -0.39 is 0 Å². The van der Waals surface area contributed by atoms with Crippen LogP contribution in [0.15, 0.2) is 41.1 Å². The van der Waals surface area contributed by atoms with Gasteiger partial charge in [-0.05, 0) is 42.7 Å². The maximum absolute atomic E-state index is 12.1. The van der Waals surface area contributed by atoms with E-state index in [2.05, 4.69) is 45.4 Å². The molecular formula is C17H20BrN3O. The maximum Gasteiger partial charge on any atom is 0.252 e. The summed E-state index contributed by atoms with van der Waals surface area (Å²) >= 11 is 3.48.